The third-order valence-corrected chi connectivity index (χ3v) is 17.7. The smallest absolute Gasteiger partial charge is 0.237 e. The van der Waals surface area contributed by atoms with Gasteiger partial charge in [-0.25, -0.2) is 0 Å². The predicted octanol–water partition coefficient (Wildman–Crippen LogP) is 17.1. The zero-order valence-corrected chi connectivity index (χ0v) is 49.7. The van der Waals surface area contributed by atoms with E-state index in [2.05, 4.69) is 313 Å². The van der Waals surface area contributed by atoms with Crippen LogP contribution >= 0.6 is 0 Å². The number of fused-ring (bicyclic) bond motifs is 15. The van der Waals surface area contributed by atoms with Gasteiger partial charge in [0.2, 0.25) is 17.1 Å². The first-order valence-electron chi connectivity index (χ1n) is 28.7. The minimum atomic E-state index is 1.27. The van der Waals surface area contributed by atoms with E-state index in [0.29, 0.717) is 0 Å². The molecule has 6 nitrogen and oxygen atoms in total. The van der Waals surface area contributed by atoms with Crippen LogP contribution in [0.2, 0.25) is 0 Å². The fourth-order valence-corrected chi connectivity index (χ4v) is 13.9. The highest BCUT2D eigenvalue weighted by Gasteiger charge is 2.27. The number of aromatic nitrogens is 6. The summed E-state index contributed by atoms with van der Waals surface area (Å²) in [4.78, 5) is 0. The van der Waals surface area contributed by atoms with E-state index in [0.717, 1.165) is 0 Å². The summed E-state index contributed by atoms with van der Waals surface area (Å²) in [5.41, 5.74) is 24.7. The molecule has 0 spiro atoms. The molecular weight excluding hydrogens is 997 g/mol. The van der Waals surface area contributed by atoms with Gasteiger partial charge in [-0.15, -0.1) is 0 Å². The van der Waals surface area contributed by atoms with Gasteiger partial charge >= 0.3 is 0 Å². The average Bonchev–Trinajstić information content (AvgIpc) is 3.69. The molecule has 0 aliphatic carbocycles. The molecule has 0 amide bonds. The Bertz CT molecular complexity index is 5140. The summed E-state index contributed by atoms with van der Waals surface area (Å²) < 4.78 is 13.9. The zero-order chi connectivity index (χ0) is 57.0. The van der Waals surface area contributed by atoms with E-state index < -0.39 is 0 Å². The van der Waals surface area contributed by atoms with Crippen LogP contribution in [0, 0.1) is 48.5 Å². The summed E-state index contributed by atoms with van der Waals surface area (Å²) in [6.07, 6.45) is 6.64. The number of nitrogens with zero attached hydrogens (tertiary/aromatic N) is 6. The Morgan fingerprint density at radius 3 is 1.21 bits per heavy atom. The largest absolute Gasteiger partial charge is 0.338 e. The SMILES string of the molecule is Cc1ccc(-c2c3c(c(C)c[n+]2C)c2ccc4ccccc4c2n3C)c(C)c1.Cc1ccc(-c2c3c(cc[n+]2C)c2ccc4ccccc4c2n3C)c(C)c1.Cc1ccc2c(ccc3c4cc[n+](C)c(-c5ccccc5C)c4n(C)c23)c1. The minimum absolute atomic E-state index is 1.27. The molecule has 0 aliphatic rings. The fraction of sp³-hybridized carbons (Fsp3) is 0.171. The molecule has 6 heterocycles. The summed E-state index contributed by atoms with van der Waals surface area (Å²) >= 11 is 0. The first-order chi connectivity index (χ1) is 39.6. The van der Waals surface area contributed by atoms with Crippen molar-refractivity contribution in [1.29, 1.82) is 0 Å². The van der Waals surface area contributed by atoms with Crippen LogP contribution < -0.4 is 13.7 Å². The molecule has 0 aliphatic heterocycles. The minimum Gasteiger partial charge on any atom is -0.338 e. The molecule has 15 rings (SSSR count). The molecule has 0 saturated heterocycles. The van der Waals surface area contributed by atoms with E-state index in [1.165, 1.54) is 170 Å². The van der Waals surface area contributed by atoms with Gasteiger partial charge in [-0.05, 0) is 99.5 Å². The number of aryl methyl sites for hydroxylation is 13. The molecule has 6 heteroatoms. The average molecular weight is 1070 g/mol. The normalized spacial score (nSPS) is 11.7. The van der Waals surface area contributed by atoms with E-state index in [1.807, 2.05) is 0 Å². The van der Waals surface area contributed by atoms with Gasteiger partial charge < -0.3 is 13.7 Å². The topological polar surface area (TPSA) is 26.4 Å². The number of hydrogen-bond donors (Lipinski definition) is 0. The van der Waals surface area contributed by atoms with Gasteiger partial charge in [-0.2, -0.15) is 13.7 Å². The highest BCUT2D eigenvalue weighted by atomic mass is 15.0. The van der Waals surface area contributed by atoms with Gasteiger partial charge in [0.15, 0.2) is 18.6 Å². The van der Waals surface area contributed by atoms with Crippen molar-refractivity contribution < 1.29 is 13.7 Å². The number of rotatable bonds is 3. The van der Waals surface area contributed by atoms with Gasteiger partial charge in [-0.3, -0.25) is 0 Å². The molecule has 15 aromatic rings. The third-order valence-electron chi connectivity index (χ3n) is 17.7. The molecule has 0 fully saturated rings. The standard InChI is InChI=1S/C26H25N2.2C25H23N2/c1-16-10-12-20(17(2)14-16)25-26-23(18(3)15-27(25)4)22-13-11-19-8-6-7-9-21(19)24(22)28(26)5;1-16-9-11-19(17(2)15-16)24-25-22(13-14-26(24)3)21-12-10-18-7-5-6-8-20(18)23(21)27(25)4;1-16-9-11-20-18(15-16)10-12-21-22-13-14-26(3)24(25(22)27(4)23(20)21)19-8-6-5-7-17(19)2/h6-15H,1-5H3;2*5-15H,1-4H3/q3*+1. The quantitative estimate of drug-likeness (QED) is 0.158. The summed E-state index contributed by atoms with van der Waals surface area (Å²) in [6.45, 7) is 15.3. The first kappa shape index (κ1) is 52.0. The lowest BCUT2D eigenvalue weighted by molar-refractivity contribution is -0.659. The second kappa shape index (κ2) is 20.0. The van der Waals surface area contributed by atoms with Crippen LogP contribution in [0.1, 0.15) is 38.9 Å². The van der Waals surface area contributed by atoms with E-state index in [4.69, 9.17) is 0 Å². The van der Waals surface area contributed by atoms with Crippen LogP contribution in [0.25, 0.3) is 132 Å². The Morgan fingerprint density at radius 1 is 0.280 bits per heavy atom. The van der Waals surface area contributed by atoms with Crippen molar-refractivity contribution in [3.8, 4) is 33.8 Å². The van der Waals surface area contributed by atoms with Crippen molar-refractivity contribution in [2.75, 3.05) is 0 Å². The maximum Gasteiger partial charge on any atom is 0.237 e. The molecule has 402 valence electrons. The third kappa shape index (κ3) is 8.25. The first-order valence-corrected chi connectivity index (χ1v) is 28.7. The second-order valence-electron chi connectivity index (χ2n) is 23.3. The van der Waals surface area contributed by atoms with Crippen LogP contribution in [0.3, 0.4) is 0 Å². The van der Waals surface area contributed by atoms with Crippen molar-refractivity contribution in [3.63, 3.8) is 0 Å². The summed E-state index contributed by atoms with van der Waals surface area (Å²) in [5.74, 6) is 0. The van der Waals surface area contributed by atoms with Gasteiger partial charge in [0.05, 0.1) is 33.2 Å². The Kier molecular flexibility index (Phi) is 12.7. The van der Waals surface area contributed by atoms with Crippen molar-refractivity contribution in [2.45, 2.75) is 48.5 Å². The van der Waals surface area contributed by atoms with Gasteiger partial charge in [0.1, 0.15) is 37.7 Å². The Hall–Kier alpha value is -9.39. The highest BCUT2D eigenvalue weighted by Crippen LogP contribution is 2.42. The van der Waals surface area contributed by atoms with Crippen molar-refractivity contribution in [2.24, 2.45) is 42.3 Å². The van der Waals surface area contributed by atoms with Crippen molar-refractivity contribution >= 4 is 97.7 Å². The van der Waals surface area contributed by atoms with Gasteiger partial charge in [0, 0.05) is 87.3 Å². The van der Waals surface area contributed by atoms with Crippen LogP contribution in [-0.2, 0) is 42.3 Å². The van der Waals surface area contributed by atoms with Crippen LogP contribution in [-0.4, -0.2) is 13.7 Å². The molecule has 0 saturated carbocycles. The summed E-state index contributed by atoms with van der Waals surface area (Å²) in [6, 6.07) is 64.3. The zero-order valence-electron chi connectivity index (χ0n) is 49.7. The lowest BCUT2D eigenvalue weighted by Gasteiger charge is -2.10. The van der Waals surface area contributed by atoms with Gasteiger partial charge in [0.25, 0.3) is 0 Å². The monoisotopic (exact) mass is 1070 g/mol. The Labute approximate surface area is 480 Å². The molecule has 9 aromatic carbocycles. The van der Waals surface area contributed by atoms with Crippen LogP contribution in [0.4, 0.5) is 0 Å². The fourth-order valence-electron chi connectivity index (χ4n) is 13.9. The summed E-state index contributed by atoms with van der Waals surface area (Å²) in [7, 11) is 13.1. The lowest BCUT2D eigenvalue weighted by atomic mass is 9.99. The maximum atomic E-state index is 2.40. The number of hydrogen-bond acceptors (Lipinski definition) is 0. The number of benzene rings is 9. The van der Waals surface area contributed by atoms with E-state index in [1.54, 1.807) is 0 Å². The van der Waals surface area contributed by atoms with E-state index in [-0.39, 0.29) is 0 Å². The number of pyridine rings is 3. The molecule has 6 aromatic heterocycles. The van der Waals surface area contributed by atoms with E-state index >= 15 is 0 Å². The van der Waals surface area contributed by atoms with Crippen LogP contribution in [0.15, 0.2) is 195 Å². The van der Waals surface area contributed by atoms with Crippen molar-refractivity contribution in [1.82, 2.24) is 13.7 Å². The molecular formula is C76H71N6+3. The predicted molar refractivity (Wildman–Crippen MR) is 347 cm³/mol. The lowest BCUT2D eigenvalue weighted by Crippen LogP contribution is -2.32. The van der Waals surface area contributed by atoms with Crippen LogP contribution in [0.5, 0.6) is 0 Å². The molecule has 0 radical (unpaired) electrons. The van der Waals surface area contributed by atoms with Gasteiger partial charge in [-0.1, -0.05) is 162 Å². The molecule has 0 unspecified atom stereocenters. The molecule has 0 atom stereocenters. The Morgan fingerprint density at radius 2 is 0.671 bits per heavy atom. The Balaban J connectivity index is 0.000000115. The molecule has 0 bridgehead atoms. The maximum absolute atomic E-state index is 2.40. The van der Waals surface area contributed by atoms with Crippen molar-refractivity contribution in [3.05, 3.63) is 233 Å². The summed E-state index contributed by atoms with van der Waals surface area (Å²) in [5, 5.41) is 15.8. The van der Waals surface area contributed by atoms with E-state index in [9.17, 15) is 0 Å². The molecule has 0 N–H and O–H groups in total. The molecule has 82 heavy (non-hydrogen) atoms. The highest BCUT2D eigenvalue weighted by molar-refractivity contribution is 6.22. The second-order valence-corrected chi connectivity index (χ2v) is 23.3.